The number of nitrogens with zero attached hydrogens (tertiary/aromatic N) is 1. The largest absolute Gasteiger partial charge is 0.490 e. The molecule has 34 heavy (non-hydrogen) atoms. The van der Waals surface area contributed by atoms with E-state index in [9.17, 15) is 4.79 Å². The minimum Gasteiger partial charge on any atom is -0.490 e. The SMILES string of the molecule is CCOc1cc(/C=N\NC(=O)Cc2ccc(C(C)(C)C)cc2)ccc1OCc1ccc(Br)cc1. The summed E-state index contributed by atoms with van der Waals surface area (Å²) in [5.74, 6) is 1.12. The first-order valence-electron chi connectivity index (χ1n) is 11.3. The summed E-state index contributed by atoms with van der Waals surface area (Å²) < 4.78 is 12.7. The van der Waals surface area contributed by atoms with E-state index in [1.807, 2.05) is 61.5 Å². The van der Waals surface area contributed by atoms with Crippen LogP contribution in [0.1, 0.15) is 49.9 Å². The number of amides is 1. The smallest absolute Gasteiger partial charge is 0.244 e. The van der Waals surface area contributed by atoms with Crippen LogP contribution in [0, 0.1) is 0 Å². The maximum absolute atomic E-state index is 12.3. The van der Waals surface area contributed by atoms with Crippen LogP contribution in [0.15, 0.2) is 76.3 Å². The highest BCUT2D eigenvalue weighted by molar-refractivity contribution is 9.10. The molecule has 1 N–H and O–H groups in total. The van der Waals surface area contributed by atoms with Gasteiger partial charge in [0.05, 0.1) is 19.2 Å². The number of benzene rings is 3. The second-order valence-electron chi connectivity index (χ2n) is 8.97. The molecule has 5 nitrogen and oxygen atoms in total. The number of hydrazone groups is 1. The van der Waals surface area contributed by atoms with Crippen molar-refractivity contribution < 1.29 is 14.3 Å². The Balaban J connectivity index is 1.57. The molecule has 0 saturated heterocycles. The van der Waals surface area contributed by atoms with E-state index in [0.29, 0.717) is 24.7 Å². The Morgan fingerprint density at radius 3 is 2.26 bits per heavy atom. The van der Waals surface area contributed by atoms with Gasteiger partial charge in [0.1, 0.15) is 6.61 Å². The topological polar surface area (TPSA) is 59.9 Å². The van der Waals surface area contributed by atoms with Gasteiger partial charge in [-0.25, -0.2) is 5.43 Å². The van der Waals surface area contributed by atoms with E-state index in [1.165, 1.54) is 5.56 Å². The van der Waals surface area contributed by atoms with Gasteiger partial charge in [-0.05, 0) is 64.9 Å². The highest BCUT2D eigenvalue weighted by atomic mass is 79.9. The molecule has 0 aliphatic carbocycles. The predicted octanol–water partition coefficient (Wildman–Crippen LogP) is 6.42. The molecule has 0 unspecified atom stereocenters. The summed E-state index contributed by atoms with van der Waals surface area (Å²) in [5.41, 5.74) is 6.74. The van der Waals surface area contributed by atoms with Gasteiger partial charge in [-0.15, -0.1) is 0 Å². The van der Waals surface area contributed by atoms with Crippen LogP contribution in [0.25, 0.3) is 0 Å². The summed E-state index contributed by atoms with van der Waals surface area (Å²) >= 11 is 3.44. The quantitative estimate of drug-likeness (QED) is 0.260. The van der Waals surface area contributed by atoms with Gasteiger partial charge < -0.3 is 9.47 Å². The molecule has 6 heteroatoms. The van der Waals surface area contributed by atoms with Crippen LogP contribution in [0.4, 0.5) is 0 Å². The first kappa shape index (κ1) is 25.5. The maximum atomic E-state index is 12.3. The van der Waals surface area contributed by atoms with Crippen molar-refractivity contribution in [3.8, 4) is 11.5 Å². The summed E-state index contributed by atoms with van der Waals surface area (Å²) in [4.78, 5) is 12.3. The lowest BCUT2D eigenvalue weighted by molar-refractivity contribution is -0.120. The number of halogens is 1. The molecule has 3 rings (SSSR count). The van der Waals surface area contributed by atoms with Crippen LogP contribution in [-0.4, -0.2) is 18.7 Å². The molecule has 0 aliphatic heterocycles. The van der Waals surface area contributed by atoms with Crippen molar-refractivity contribution in [1.29, 1.82) is 0 Å². The molecule has 3 aromatic carbocycles. The van der Waals surface area contributed by atoms with E-state index in [4.69, 9.17) is 9.47 Å². The molecule has 0 aliphatic rings. The molecule has 178 valence electrons. The zero-order valence-electron chi connectivity index (χ0n) is 20.1. The molecular weight excluding hydrogens is 492 g/mol. The number of carbonyl (C=O) groups is 1. The second kappa shape index (κ2) is 11.8. The van der Waals surface area contributed by atoms with Crippen LogP contribution in [-0.2, 0) is 23.2 Å². The molecule has 0 heterocycles. The molecule has 1 amide bonds. The first-order chi connectivity index (χ1) is 16.2. The van der Waals surface area contributed by atoms with Gasteiger partial charge in [0.15, 0.2) is 11.5 Å². The van der Waals surface area contributed by atoms with Gasteiger partial charge in [-0.1, -0.05) is 73.1 Å². The monoisotopic (exact) mass is 522 g/mol. The molecule has 3 aromatic rings. The van der Waals surface area contributed by atoms with Gasteiger partial charge in [0.2, 0.25) is 5.91 Å². The molecule has 0 spiro atoms. The van der Waals surface area contributed by atoms with Crippen LogP contribution < -0.4 is 14.9 Å². The zero-order chi connectivity index (χ0) is 24.6. The van der Waals surface area contributed by atoms with Crippen molar-refractivity contribution in [2.24, 2.45) is 5.10 Å². The highest BCUT2D eigenvalue weighted by Crippen LogP contribution is 2.29. The molecule has 0 atom stereocenters. The third kappa shape index (κ3) is 7.73. The third-order valence-corrected chi connectivity index (χ3v) is 5.69. The van der Waals surface area contributed by atoms with Crippen LogP contribution in [0.3, 0.4) is 0 Å². The van der Waals surface area contributed by atoms with Crippen LogP contribution in [0.2, 0.25) is 0 Å². The van der Waals surface area contributed by atoms with Crippen molar-refractivity contribution in [2.45, 2.75) is 46.1 Å². The number of nitrogens with one attached hydrogen (secondary N) is 1. The molecule has 0 saturated carbocycles. The minimum absolute atomic E-state index is 0.0883. The van der Waals surface area contributed by atoms with Gasteiger partial charge in [-0.2, -0.15) is 5.10 Å². The second-order valence-corrected chi connectivity index (χ2v) is 9.89. The van der Waals surface area contributed by atoms with Crippen molar-refractivity contribution in [1.82, 2.24) is 5.43 Å². The van der Waals surface area contributed by atoms with Gasteiger partial charge >= 0.3 is 0 Å². The van der Waals surface area contributed by atoms with Gasteiger partial charge in [0, 0.05) is 4.47 Å². The van der Waals surface area contributed by atoms with E-state index >= 15 is 0 Å². The van der Waals surface area contributed by atoms with E-state index in [-0.39, 0.29) is 17.7 Å². The molecule has 0 fully saturated rings. The van der Waals surface area contributed by atoms with E-state index in [2.05, 4.69) is 59.4 Å². The lowest BCUT2D eigenvalue weighted by Gasteiger charge is -2.19. The summed E-state index contributed by atoms with van der Waals surface area (Å²) in [7, 11) is 0. The first-order valence-corrected chi connectivity index (χ1v) is 12.1. The third-order valence-electron chi connectivity index (χ3n) is 5.16. The Morgan fingerprint density at radius 2 is 1.62 bits per heavy atom. The van der Waals surface area contributed by atoms with Gasteiger partial charge in [-0.3, -0.25) is 4.79 Å². The Labute approximate surface area is 210 Å². The summed E-state index contributed by atoms with van der Waals surface area (Å²) in [5, 5.41) is 4.10. The Kier molecular flexibility index (Phi) is 8.88. The summed E-state index contributed by atoms with van der Waals surface area (Å²) in [6.07, 6.45) is 1.87. The van der Waals surface area contributed by atoms with Crippen LogP contribution in [0.5, 0.6) is 11.5 Å². The summed E-state index contributed by atoms with van der Waals surface area (Å²) in [6.45, 7) is 9.38. The zero-order valence-corrected chi connectivity index (χ0v) is 21.7. The van der Waals surface area contributed by atoms with Crippen molar-refractivity contribution in [3.63, 3.8) is 0 Å². The van der Waals surface area contributed by atoms with Crippen molar-refractivity contribution >= 4 is 28.1 Å². The minimum atomic E-state index is -0.167. The summed E-state index contributed by atoms with van der Waals surface area (Å²) in [6, 6.07) is 21.7. The fraction of sp³-hybridized carbons (Fsp3) is 0.286. The van der Waals surface area contributed by atoms with Crippen molar-refractivity contribution in [2.75, 3.05) is 6.61 Å². The van der Waals surface area contributed by atoms with E-state index < -0.39 is 0 Å². The normalized spacial score (nSPS) is 11.4. The van der Waals surface area contributed by atoms with E-state index in [1.54, 1.807) is 6.21 Å². The standard InChI is InChI=1S/C28H31BrN2O3/c1-5-33-26-16-22(10-15-25(26)34-19-21-8-13-24(29)14-9-21)18-30-31-27(32)17-20-6-11-23(12-7-20)28(2,3)4/h6-16,18H,5,17,19H2,1-4H3,(H,31,32)/b30-18-. The molecule has 0 radical (unpaired) electrons. The highest BCUT2D eigenvalue weighted by Gasteiger charge is 2.13. The fourth-order valence-electron chi connectivity index (χ4n) is 3.26. The number of rotatable bonds is 9. The molecular formula is C28H31BrN2O3. The lowest BCUT2D eigenvalue weighted by atomic mass is 9.86. The maximum Gasteiger partial charge on any atom is 0.244 e. The fourth-order valence-corrected chi connectivity index (χ4v) is 3.52. The Morgan fingerprint density at radius 1 is 0.941 bits per heavy atom. The Hall–Kier alpha value is -3.12. The average molecular weight is 523 g/mol. The van der Waals surface area contributed by atoms with Crippen LogP contribution >= 0.6 is 15.9 Å². The number of hydrogen-bond donors (Lipinski definition) is 1. The van der Waals surface area contributed by atoms with E-state index in [0.717, 1.165) is 21.2 Å². The molecule has 0 aromatic heterocycles. The number of hydrogen-bond acceptors (Lipinski definition) is 4. The Bertz CT molecular complexity index is 1120. The number of ether oxygens (including phenoxy) is 2. The average Bonchev–Trinajstić information content (AvgIpc) is 2.79. The predicted molar refractivity (Wildman–Crippen MR) is 141 cm³/mol. The lowest BCUT2D eigenvalue weighted by Crippen LogP contribution is -2.20. The molecule has 0 bridgehead atoms. The number of carbonyl (C=O) groups excluding carboxylic acids is 1. The van der Waals surface area contributed by atoms with Crippen molar-refractivity contribution in [3.05, 3.63) is 93.5 Å². The van der Waals surface area contributed by atoms with Gasteiger partial charge in [0.25, 0.3) is 0 Å².